The monoisotopic (exact) mass is 351 g/mol. The van der Waals surface area contributed by atoms with Crippen molar-refractivity contribution in [3.63, 3.8) is 0 Å². The number of piperidine rings is 1. The maximum Gasteiger partial charge on any atom is 0.225 e. The van der Waals surface area contributed by atoms with Crippen LogP contribution in [0.5, 0.6) is 0 Å². The van der Waals surface area contributed by atoms with Gasteiger partial charge in [-0.2, -0.15) is 0 Å². The molecule has 4 nitrogen and oxygen atoms in total. The third-order valence-corrected chi connectivity index (χ3v) is 4.81. The Labute approximate surface area is 156 Å². The Bertz CT molecular complexity index is 706. The highest BCUT2D eigenvalue weighted by atomic mass is 16.1. The second-order valence-corrected chi connectivity index (χ2v) is 7.06. The molecule has 2 aromatic carbocycles. The number of hydrogen-bond acceptors (Lipinski definition) is 3. The third-order valence-electron chi connectivity index (χ3n) is 4.81. The van der Waals surface area contributed by atoms with Crippen LogP contribution in [0.1, 0.15) is 36.8 Å². The molecule has 0 radical (unpaired) electrons. The first-order valence-corrected chi connectivity index (χ1v) is 9.62. The second-order valence-electron chi connectivity index (χ2n) is 7.06. The number of benzene rings is 2. The molecular formula is C22H29N3O. The van der Waals surface area contributed by atoms with E-state index in [0.29, 0.717) is 13.0 Å². The minimum absolute atomic E-state index is 0.0486. The van der Waals surface area contributed by atoms with Crippen LogP contribution in [-0.4, -0.2) is 25.5 Å². The SMILES string of the molecule is Cc1cccc(CNCCC(=O)Nc2ccc(N3CCCCC3)cc2)c1. The fraction of sp³-hybridized carbons (Fsp3) is 0.409. The fourth-order valence-corrected chi connectivity index (χ4v) is 3.39. The van der Waals surface area contributed by atoms with Crippen LogP contribution in [-0.2, 0) is 11.3 Å². The minimum atomic E-state index is 0.0486. The number of carbonyl (C=O) groups is 1. The number of anilines is 2. The van der Waals surface area contributed by atoms with Gasteiger partial charge in [-0.05, 0) is 56.0 Å². The molecule has 1 fully saturated rings. The molecule has 1 amide bonds. The summed E-state index contributed by atoms with van der Waals surface area (Å²) in [6.07, 6.45) is 4.35. The molecule has 0 bridgehead atoms. The van der Waals surface area contributed by atoms with Crippen LogP contribution in [0.3, 0.4) is 0 Å². The van der Waals surface area contributed by atoms with Crippen LogP contribution >= 0.6 is 0 Å². The minimum Gasteiger partial charge on any atom is -0.372 e. The Morgan fingerprint density at radius 2 is 1.81 bits per heavy atom. The van der Waals surface area contributed by atoms with Gasteiger partial charge in [0.05, 0.1) is 0 Å². The standard InChI is InChI=1S/C22H29N3O/c1-18-6-5-7-19(16-18)17-23-13-12-22(26)24-20-8-10-21(11-9-20)25-14-3-2-4-15-25/h5-11,16,23H,2-4,12-15,17H2,1H3,(H,24,26). The van der Waals surface area contributed by atoms with E-state index in [0.717, 1.165) is 25.3 Å². The molecule has 0 aliphatic carbocycles. The van der Waals surface area contributed by atoms with Gasteiger partial charge in [0.25, 0.3) is 0 Å². The highest BCUT2D eigenvalue weighted by Gasteiger charge is 2.10. The van der Waals surface area contributed by atoms with Crippen LogP contribution in [0.2, 0.25) is 0 Å². The van der Waals surface area contributed by atoms with Crippen molar-refractivity contribution < 1.29 is 4.79 Å². The van der Waals surface area contributed by atoms with E-state index in [1.165, 1.54) is 36.1 Å². The smallest absolute Gasteiger partial charge is 0.225 e. The molecule has 138 valence electrons. The number of nitrogens with one attached hydrogen (secondary N) is 2. The van der Waals surface area contributed by atoms with Crippen LogP contribution < -0.4 is 15.5 Å². The zero-order valence-corrected chi connectivity index (χ0v) is 15.6. The van der Waals surface area contributed by atoms with Crippen molar-refractivity contribution >= 4 is 17.3 Å². The summed E-state index contributed by atoms with van der Waals surface area (Å²) in [6, 6.07) is 16.6. The van der Waals surface area contributed by atoms with Gasteiger partial charge in [0.15, 0.2) is 0 Å². The Morgan fingerprint density at radius 3 is 2.54 bits per heavy atom. The molecule has 2 N–H and O–H groups in total. The number of aryl methyl sites for hydroxylation is 1. The lowest BCUT2D eigenvalue weighted by Gasteiger charge is -2.28. The van der Waals surface area contributed by atoms with Gasteiger partial charge in [-0.25, -0.2) is 0 Å². The molecule has 1 saturated heterocycles. The molecule has 0 atom stereocenters. The van der Waals surface area contributed by atoms with Gasteiger partial charge in [0.1, 0.15) is 0 Å². The Hall–Kier alpha value is -2.33. The van der Waals surface area contributed by atoms with E-state index in [9.17, 15) is 4.79 Å². The molecule has 3 rings (SSSR count). The molecule has 0 saturated carbocycles. The van der Waals surface area contributed by atoms with Gasteiger partial charge in [0.2, 0.25) is 5.91 Å². The molecule has 0 spiro atoms. The number of nitrogens with zero attached hydrogens (tertiary/aromatic N) is 1. The van der Waals surface area contributed by atoms with Crippen LogP contribution in [0, 0.1) is 6.92 Å². The first-order valence-electron chi connectivity index (χ1n) is 9.62. The van der Waals surface area contributed by atoms with Crippen molar-refractivity contribution in [2.45, 2.75) is 39.2 Å². The quantitative estimate of drug-likeness (QED) is 0.738. The van der Waals surface area contributed by atoms with Crippen LogP contribution in [0.15, 0.2) is 48.5 Å². The topological polar surface area (TPSA) is 44.4 Å². The fourth-order valence-electron chi connectivity index (χ4n) is 3.39. The average Bonchev–Trinajstić information content (AvgIpc) is 2.67. The lowest BCUT2D eigenvalue weighted by Crippen LogP contribution is -2.29. The first-order chi connectivity index (χ1) is 12.7. The van der Waals surface area contributed by atoms with Crippen molar-refractivity contribution in [1.82, 2.24) is 5.32 Å². The Balaban J connectivity index is 1.39. The summed E-state index contributed by atoms with van der Waals surface area (Å²) in [5.74, 6) is 0.0486. The van der Waals surface area contributed by atoms with Crippen molar-refractivity contribution in [1.29, 1.82) is 0 Å². The Morgan fingerprint density at radius 1 is 1.04 bits per heavy atom. The molecule has 1 heterocycles. The number of carbonyl (C=O) groups excluding carboxylic acids is 1. The number of rotatable bonds is 7. The first kappa shape index (κ1) is 18.5. The molecule has 0 aromatic heterocycles. The van der Waals surface area contributed by atoms with Gasteiger partial charge in [-0.3, -0.25) is 4.79 Å². The largest absolute Gasteiger partial charge is 0.372 e. The zero-order chi connectivity index (χ0) is 18.2. The maximum atomic E-state index is 12.1. The van der Waals surface area contributed by atoms with Crippen molar-refractivity contribution in [3.05, 3.63) is 59.7 Å². The molecule has 26 heavy (non-hydrogen) atoms. The summed E-state index contributed by atoms with van der Waals surface area (Å²) >= 11 is 0. The second kappa shape index (κ2) is 9.39. The number of hydrogen-bond donors (Lipinski definition) is 2. The van der Waals surface area contributed by atoms with Gasteiger partial charge in [0, 0.05) is 44.0 Å². The van der Waals surface area contributed by atoms with Crippen molar-refractivity contribution in [2.75, 3.05) is 29.9 Å². The lowest BCUT2D eigenvalue weighted by atomic mass is 10.1. The van der Waals surface area contributed by atoms with Crippen molar-refractivity contribution in [2.24, 2.45) is 0 Å². The molecular weight excluding hydrogens is 322 g/mol. The maximum absolute atomic E-state index is 12.1. The van der Waals surface area contributed by atoms with Gasteiger partial charge in [-0.15, -0.1) is 0 Å². The molecule has 4 heteroatoms. The van der Waals surface area contributed by atoms with E-state index in [4.69, 9.17) is 0 Å². The molecule has 0 unspecified atom stereocenters. The van der Waals surface area contributed by atoms with Gasteiger partial charge in [-0.1, -0.05) is 29.8 Å². The zero-order valence-electron chi connectivity index (χ0n) is 15.6. The van der Waals surface area contributed by atoms with Crippen LogP contribution in [0.4, 0.5) is 11.4 Å². The summed E-state index contributed by atoms with van der Waals surface area (Å²) in [5, 5.41) is 6.31. The third kappa shape index (κ3) is 5.60. The summed E-state index contributed by atoms with van der Waals surface area (Å²) in [5.41, 5.74) is 4.63. The normalized spacial score (nSPS) is 14.3. The summed E-state index contributed by atoms with van der Waals surface area (Å²) in [4.78, 5) is 14.5. The predicted octanol–water partition coefficient (Wildman–Crippen LogP) is 4.10. The van der Waals surface area contributed by atoms with E-state index < -0.39 is 0 Å². The van der Waals surface area contributed by atoms with E-state index in [1.54, 1.807) is 0 Å². The van der Waals surface area contributed by atoms with E-state index in [2.05, 4.69) is 58.9 Å². The Kier molecular flexibility index (Phi) is 6.67. The van der Waals surface area contributed by atoms with E-state index in [-0.39, 0.29) is 5.91 Å². The van der Waals surface area contributed by atoms with Crippen LogP contribution in [0.25, 0.3) is 0 Å². The molecule has 1 aliphatic heterocycles. The van der Waals surface area contributed by atoms with Crippen molar-refractivity contribution in [3.8, 4) is 0 Å². The highest BCUT2D eigenvalue weighted by Crippen LogP contribution is 2.21. The summed E-state index contributed by atoms with van der Waals surface area (Å²) < 4.78 is 0. The lowest BCUT2D eigenvalue weighted by molar-refractivity contribution is -0.116. The van der Waals surface area contributed by atoms with E-state index >= 15 is 0 Å². The average molecular weight is 351 g/mol. The molecule has 1 aliphatic rings. The van der Waals surface area contributed by atoms with Gasteiger partial charge >= 0.3 is 0 Å². The summed E-state index contributed by atoms with van der Waals surface area (Å²) in [7, 11) is 0. The van der Waals surface area contributed by atoms with E-state index in [1.807, 2.05) is 12.1 Å². The molecule has 2 aromatic rings. The number of amides is 1. The predicted molar refractivity (Wildman–Crippen MR) is 109 cm³/mol. The highest BCUT2D eigenvalue weighted by molar-refractivity contribution is 5.91. The summed E-state index contributed by atoms with van der Waals surface area (Å²) in [6.45, 7) is 5.83. The van der Waals surface area contributed by atoms with Gasteiger partial charge < -0.3 is 15.5 Å².